The van der Waals surface area contributed by atoms with Crippen LogP contribution in [0.3, 0.4) is 0 Å². The summed E-state index contributed by atoms with van der Waals surface area (Å²) in [6, 6.07) is 12.2. The van der Waals surface area contributed by atoms with Crippen molar-refractivity contribution in [2.75, 3.05) is 13.3 Å². The second-order valence-electron chi connectivity index (χ2n) is 6.70. The van der Waals surface area contributed by atoms with Gasteiger partial charge in [0.2, 0.25) is 10.0 Å². The van der Waals surface area contributed by atoms with E-state index < -0.39 is 10.0 Å². The van der Waals surface area contributed by atoms with E-state index >= 15 is 0 Å². The molecule has 140 valence electrons. The molecular formula is C19H22Cl2N2O2S. The lowest BCUT2D eigenvalue weighted by molar-refractivity contribution is 0.470. The highest BCUT2D eigenvalue weighted by molar-refractivity contribution is 7.88. The van der Waals surface area contributed by atoms with Gasteiger partial charge in [0.25, 0.3) is 0 Å². The van der Waals surface area contributed by atoms with E-state index in [0.29, 0.717) is 16.6 Å². The standard InChI is InChI=1S/C19H22Cl2N2O2S/c1-22-19-8-6-14(13-4-7-17(20)18(21)10-13)15-5-3-12(9-16(15)19)11-23-26(2,24)25/h3-5,7,9-10,14,19,22-23H,6,8,11H2,1-2H3/t14?,19-/m0/s1. The SMILES string of the molecule is CN[C@H]1CCC(c2ccc(Cl)c(Cl)c2)c2ccc(CNS(C)(=O)=O)cc21. The molecule has 0 radical (unpaired) electrons. The molecule has 1 unspecified atom stereocenters. The molecule has 1 aliphatic rings. The van der Waals surface area contributed by atoms with E-state index in [1.165, 1.54) is 17.4 Å². The van der Waals surface area contributed by atoms with Crippen LogP contribution in [0, 0.1) is 0 Å². The lowest BCUT2D eigenvalue weighted by Crippen LogP contribution is -2.25. The van der Waals surface area contributed by atoms with Crippen LogP contribution in [-0.2, 0) is 16.6 Å². The average molecular weight is 413 g/mol. The molecule has 0 aliphatic heterocycles. The van der Waals surface area contributed by atoms with Crippen molar-refractivity contribution in [1.29, 1.82) is 0 Å². The first-order chi connectivity index (χ1) is 12.3. The quantitative estimate of drug-likeness (QED) is 0.772. The van der Waals surface area contributed by atoms with Crippen LogP contribution in [0.5, 0.6) is 0 Å². The second kappa shape index (κ2) is 7.87. The molecule has 2 N–H and O–H groups in total. The zero-order chi connectivity index (χ0) is 18.9. The molecule has 0 heterocycles. The van der Waals surface area contributed by atoms with Crippen LogP contribution in [0.2, 0.25) is 10.0 Å². The van der Waals surface area contributed by atoms with Crippen molar-refractivity contribution in [1.82, 2.24) is 10.0 Å². The van der Waals surface area contributed by atoms with Gasteiger partial charge in [0, 0.05) is 18.5 Å². The lowest BCUT2D eigenvalue weighted by Gasteiger charge is -2.32. The van der Waals surface area contributed by atoms with Gasteiger partial charge in [-0.25, -0.2) is 13.1 Å². The maximum atomic E-state index is 11.4. The van der Waals surface area contributed by atoms with Crippen LogP contribution in [0.25, 0.3) is 0 Å². The molecule has 4 nitrogen and oxygen atoms in total. The summed E-state index contributed by atoms with van der Waals surface area (Å²) in [4.78, 5) is 0. The molecule has 0 saturated heterocycles. The molecule has 3 rings (SSSR count). The van der Waals surface area contributed by atoms with Crippen molar-refractivity contribution >= 4 is 33.2 Å². The summed E-state index contributed by atoms with van der Waals surface area (Å²) >= 11 is 12.3. The van der Waals surface area contributed by atoms with Gasteiger partial charge in [-0.1, -0.05) is 47.5 Å². The highest BCUT2D eigenvalue weighted by Crippen LogP contribution is 2.42. The summed E-state index contributed by atoms with van der Waals surface area (Å²) in [5.41, 5.74) is 4.56. The molecule has 26 heavy (non-hydrogen) atoms. The number of benzene rings is 2. The van der Waals surface area contributed by atoms with Gasteiger partial charge in [-0.2, -0.15) is 0 Å². The van der Waals surface area contributed by atoms with Gasteiger partial charge in [0.15, 0.2) is 0 Å². The zero-order valence-corrected chi connectivity index (χ0v) is 17.0. The number of halogens is 2. The minimum atomic E-state index is -3.22. The largest absolute Gasteiger partial charge is 0.313 e. The molecule has 0 amide bonds. The fourth-order valence-corrected chi connectivity index (χ4v) is 4.32. The molecule has 7 heteroatoms. The Balaban J connectivity index is 1.97. The first kappa shape index (κ1) is 19.6. The van der Waals surface area contributed by atoms with E-state index in [0.717, 1.165) is 24.0 Å². The van der Waals surface area contributed by atoms with Gasteiger partial charge in [0.05, 0.1) is 16.3 Å². The third kappa shape index (κ3) is 4.41. The predicted molar refractivity (Wildman–Crippen MR) is 107 cm³/mol. The molecule has 1 aliphatic carbocycles. The van der Waals surface area contributed by atoms with E-state index in [1.807, 2.05) is 31.3 Å². The third-order valence-corrected chi connectivity index (χ3v) is 6.29. The van der Waals surface area contributed by atoms with Gasteiger partial charge in [-0.05, 0) is 54.3 Å². The predicted octanol–water partition coefficient (Wildman–Crippen LogP) is 4.23. The molecular weight excluding hydrogens is 391 g/mol. The van der Waals surface area contributed by atoms with Crippen molar-refractivity contribution in [2.24, 2.45) is 0 Å². The molecule has 0 spiro atoms. The summed E-state index contributed by atoms with van der Waals surface area (Å²) in [5, 5.41) is 4.49. The van der Waals surface area contributed by atoms with Gasteiger partial charge < -0.3 is 5.32 Å². The molecule has 0 fully saturated rings. The van der Waals surface area contributed by atoms with Crippen LogP contribution in [0.4, 0.5) is 0 Å². The monoisotopic (exact) mass is 412 g/mol. The fraction of sp³-hybridized carbons (Fsp3) is 0.368. The Kier molecular flexibility index (Phi) is 5.94. The van der Waals surface area contributed by atoms with E-state index in [2.05, 4.69) is 22.2 Å². The lowest BCUT2D eigenvalue weighted by atomic mass is 9.76. The fourth-order valence-electron chi connectivity index (χ4n) is 3.59. The van der Waals surface area contributed by atoms with Crippen molar-refractivity contribution < 1.29 is 8.42 Å². The highest BCUT2D eigenvalue weighted by atomic mass is 35.5. The van der Waals surface area contributed by atoms with E-state index in [4.69, 9.17) is 23.2 Å². The maximum Gasteiger partial charge on any atom is 0.209 e. The summed E-state index contributed by atoms with van der Waals surface area (Å²) < 4.78 is 25.3. The van der Waals surface area contributed by atoms with Crippen molar-refractivity contribution in [3.63, 3.8) is 0 Å². The third-order valence-electron chi connectivity index (χ3n) is 4.88. The van der Waals surface area contributed by atoms with Crippen LogP contribution in [0.15, 0.2) is 36.4 Å². The Morgan fingerprint density at radius 3 is 2.46 bits per heavy atom. The Morgan fingerprint density at radius 1 is 1.04 bits per heavy atom. The first-order valence-electron chi connectivity index (χ1n) is 8.48. The minimum Gasteiger partial charge on any atom is -0.313 e. The molecule has 0 saturated carbocycles. The number of fused-ring (bicyclic) bond motifs is 1. The smallest absolute Gasteiger partial charge is 0.209 e. The van der Waals surface area contributed by atoms with E-state index in [-0.39, 0.29) is 12.0 Å². The van der Waals surface area contributed by atoms with Crippen molar-refractivity contribution in [3.8, 4) is 0 Å². The van der Waals surface area contributed by atoms with Gasteiger partial charge in [-0.3, -0.25) is 0 Å². The van der Waals surface area contributed by atoms with Crippen molar-refractivity contribution in [3.05, 3.63) is 68.7 Å². The van der Waals surface area contributed by atoms with Crippen LogP contribution in [-0.4, -0.2) is 21.7 Å². The number of hydrogen-bond acceptors (Lipinski definition) is 3. The molecule has 0 bridgehead atoms. The van der Waals surface area contributed by atoms with Crippen LogP contribution in [0.1, 0.15) is 47.1 Å². The molecule has 0 aromatic heterocycles. The van der Waals surface area contributed by atoms with Gasteiger partial charge in [0.1, 0.15) is 0 Å². The van der Waals surface area contributed by atoms with Gasteiger partial charge >= 0.3 is 0 Å². The second-order valence-corrected chi connectivity index (χ2v) is 9.35. The number of hydrogen-bond donors (Lipinski definition) is 2. The molecule has 2 atom stereocenters. The van der Waals surface area contributed by atoms with Crippen molar-refractivity contribution in [2.45, 2.75) is 31.3 Å². The highest BCUT2D eigenvalue weighted by Gasteiger charge is 2.28. The summed E-state index contributed by atoms with van der Waals surface area (Å²) in [6.07, 6.45) is 3.18. The summed E-state index contributed by atoms with van der Waals surface area (Å²) in [6.45, 7) is 0.292. The summed E-state index contributed by atoms with van der Waals surface area (Å²) in [5.74, 6) is 0.251. The minimum absolute atomic E-state index is 0.251. The zero-order valence-electron chi connectivity index (χ0n) is 14.7. The topological polar surface area (TPSA) is 58.2 Å². The number of rotatable bonds is 5. The Morgan fingerprint density at radius 2 is 1.81 bits per heavy atom. The normalized spacial score (nSPS) is 20.0. The average Bonchev–Trinajstić information content (AvgIpc) is 2.60. The van der Waals surface area contributed by atoms with Crippen LogP contribution >= 0.6 is 23.2 Å². The number of nitrogens with one attached hydrogen (secondary N) is 2. The summed E-state index contributed by atoms with van der Waals surface area (Å²) in [7, 11) is -1.26. The van der Waals surface area contributed by atoms with E-state index in [9.17, 15) is 8.42 Å². The van der Waals surface area contributed by atoms with Gasteiger partial charge in [-0.15, -0.1) is 0 Å². The molecule has 2 aromatic carbocycles. The number of sulfonamides is 1. The first-order valence-corrected chi connectivity index (χ1v) is 11.1. The Bertz CT molecular complexity index is 916. The Hall–Kier alpha value is -1.11. The maximum absolute atomic E-state index is 11.4. The van der Waals surface area contributed by atoms with Crippen LogP contribution < -0.4 is 10.0 Å². The van der Waals surface area contributed by atoms with E-state index in [1.54, 1.807) is 0 Å². The molecule has 2 aromatic rings. The Labute approximate surface area is 165 Å².